The van der Waals surface area contributed by atoms with Crippen molar-refractivity contribution in [3.8, 4) is 5.75 Å². The standard InChI is InChI=1S/C35H40N2O8/c38-31(39)24-45-33(35(41)42)32(44-20-8-2-7-19-43-30-15-14-27-16-18-36-23-29(27)22-30)34(40)37-17-6-1-3-9-25-12-13-26-10-4-5-11-28(26)21-25/h4-5,10-16,18,21-23,32-33H,1-3,6-9,17,19-20,24H2,(H,37,40)(H,38,39)(H,41,42). The number of pyridine rings is 1. The highest BCUT2D eigenvalue weighted by Crippen LogP contribution is 2.20. The van der Waals surface area contributed by atoms with E-state index in [-0.39, 0.29) is 6.61 Å². The number of rotatable bonds is 20. The van der Waals surface area contributed by atoms with E-state index >= 15 is 0 Å². The minimum atomic E-state index is -1.75. The minimum Gasteiger partial charge on any atom is -0.494 e. The van der Waals surface area contributed by atoms with Gasteiger partial charge in [0.2, 0.25) is 0 Å². The smallest absolute Gasteiger partial charge is 0.336 e. The fraction of sp³-hybridized carbons (Fsp3) is 0.371. The average Bonchev–Trinajstić information content (AvgIpc) is 3.04. The van der Waals surface area contributed by atoms with Crippen LogP contribution >= 0.6 is 0 Å². The Balaban J connectivity index is 1.18. The van der Waals surface area contributed by atoms with Gasteiger partial charge in [0.05, 0.1) is 6.61 Å². The largest absolute Gasteiger partial charge is 0.494 e. The average molecular weight is 617 g/mol. The van der Waals surface area contributed by atoms with Gasteiger partial charge in [-0.3, -0.25) is 9.78 Å². The highest BCUT2D eigenvalue weighted by atomic mass is 16.6. The van der Waals surface area contributed by atoms with Crippen molar-refractivity contribution in [1.29, 1.82) is 0 Å². The Hall–Kier alpha value is -4.54. The molecule has 4 rings (SSSR count). The minimum absolute atomic E-state index is 0.103. The Morgan fingerprint density at radius 2 is 1.49 bits per heavy atom. The number of amides is 1. The van der Waals surface area contributed by atoms with Gasteiger partial charge in [0.25, 0.3) is 5.91 Å². The van der Waals surface area contributed by atoms with Crippen LogP contribution in [0.15, 0.2) is 79.1 Å². The molecule has 10 nitrogen and oxygen atoms in total. The maximum absolute atomic E-state index is 13.0. The Kier molecular flexibility index (Phi) is 13.1. The predicted molar refractivity (Wildman–Crippen MR) is 170 cm³/mol. The Morgan fingerprint density at radius 3 is 2.31 bits per heavy atom. The second-order valence-corrected chi connectivity index (χ2v) is 10.8. The normalized spacial score (nSPS) is 12.5. The van der Waals surface area contributed by atoms with E-state index in [0.29, 0.717) is 32.4 Å². The van der Waals surface area contributed by atoms with Gasteiger partial charge in [0, 0.05) is 30.9 Å². The zero-order valence-corrected chi connectivity index (χ0v) is 25.2. The zero-order valence-electron chi connectivity index (χ0n) is 25.2. The molecule has 1 aromatic heterocycles. The summed E-state index contributed by atoms with van der Waals surface area (Å²) < 4.78 is 16.6. The summed E-state index contributed by atoms with van der Waals surface area (Å²) in [4.78, 5) is 40.0. The molecule has 0 aliphatic rings. The SMILES string of the molecule is O=C(O)COC(C(=O)O)C(OCCCCCOc1ccc2ccncc2c1)C(=O)NCCCCCc1ccc2ccccc2c1. The Bertz CT molecular complexity index is 1560. The van der Waals surface area contributed by atoms with E-state index in [9.17, 15) is 19.5 Å². The van der Waals surface area contributed by atoms with Crippen molar-refractivity contribution in [3.05, 3.63) is 84.7 Å². The number of carboxylic acid groups (broad SMARTS) is 2. The quantitative estimate of drug-likeness (QED) is 0.111. The third-order valence-corrected chi connectivity index (χ3v) is 7.39. The molecular formula is C35H40N2O8. The van der Waals surface area contributed by atoms with E-state index in [2.05, 4.69) is 40.6 Å². The van der Waals surface area contributed by atoms with Gasteiger partial charge < -0.3 is 29.7 Å². The first-order chi connectivity index (χ1) is 21.9. The molecule has 0 fully saturated rings. The summed E-state index contributed by atoms with van der Waals surface area (Å²) in [5, 5.41) is 25.9. The lowest BCUT2D eigenvalue weighted by Gasteiger charge is -2.23. The van der Waals surface area contributed by atoms with E-state index < -0.39 is 36.7 Å². The van der Waals surface area contributed by atoms with Crippen molar-refractivity contribution in [3.63, 3.8) is 0 Å². The van der Waals surface area contributed by atoms with Crippen LogP contribution in [0.5, 0.6) is 5.75 Å². The molecule has 0 spiro atoms. The summed E-state index contributed by atoms with van der Waals surface area (Å²) in [5.41, 5.74) is 1.25. The summed E-state index contributed by atoms with van der Waals surface area (Å²) in [6, 6.07) is 22.4. The monoisotopic (exact) mass is 616 g/mol. The number of hydrogen-bond acceptors (Lipinski definition) is 7. The van der Waals surface area contributed by atoms with Crippen molar-refractivity contribution in [2.75, 3.05) is 26.4 Å². The molecule has 0 saturated carbocycles. The number of carboxylic acids is 2. The molecule has 0 radical (unpaired) electrons. The number of aromatic nitrogens is 1. The molecule has 2 atom stereocenters. The number of aliphatic carboxylic acids is 2. The number of fused-ring (bicyclic) bond motifs is 2. The van der Waals surface area contributed by atoms with E-state index in [1.54, 1.807) is 12.4 Å². The van der Waals surface area contributed by atoms with Crippen LogP contribution in [0.25, 0.3) is 21.5 Å². The fourth-order valence-corrected chi connectivity index (χ4v) is 5.02. The van der Waals surface area contributed by atoms with Crippen molar-refractivity contribution in [2.45, 2.75) is 57.2 Å². The maximum Gasteiger partial charge on any atom is 0.336 e. The van der Waals surface area contributed by atoms with Crippen LogP contribution in [0.4, 0.5) is 0 Å². The molecular weight excluding hydrogens is 576 g/mol. The Morgan fingerprint density at radius 1 is 0.733 bits per heavy atom. The third kappa shape index (κ3) is 10.8. The number of nitrogens with one attached hydrogen (secondary N) is 1. The molecule has 1 amide bonds. The van der Waals surface area contributed by atoms with Crippen LogP contribution in [0.1, 0.15) is 44.1 Å². The fourth-order valence-electron chi connectivity index (χ4n) is 5.02. The van der Waals surface area contributed by atoms with Gasteiger partial charge in [0.1, 0.15) is 12.4 Å². The van der Waals surface area contributed by atoms with Gasteiger partial charge in [-0.2, -0.15) is 0 Å². The second-order valence-electron chi connectivity index (χ2n) is 10.8. The highest BCUT2D eigenvalue weighted by Gasteiger charge is 2.36. The molecule has 1 heterocycles. The molecule has 4 aromatic rings. The number of benzene rings is 3. The topological polar surface area (TPSA) is 144 Å². The van der Waals surface area contributed by atoms with Crippen molar-refractivity contribution in [2.24, 2.45) is 0 Å². The van der Waals surface area contributed by atoms with Crippen LogP contribution < -0.4 is 10.1 Å². The first-order valence-corrected chi connectivity index (χ1v) is 15.3. The van der Waals surface area contributed by atoms with Gasteiger partial charge in [-0.25, -0.2) is 9.59 Å². The molecule has 0 aliphatic carbocycles. The van der Waals surface area contributed by atoms with Crippen molar-refractivity contribution >= 4 is 39.4 Å². The van der Waals surface area contributed by atoms with Crippen molar-refractivity contribution in [1.82, 2.24) is 10.3 Å². The number of aryl methyl sites for hydroxylation is 1. The summed E-state index contributed by atoms with van der Waals surface area (Å²) in [5.74, 6) is -2.70. The summed E-state index contributed by atoms with van der Waals surface area (Å²) in [6.07, 6.45) is 5.71. The Labute approximate surface area is 262 Å². The van der Waals surface area contributed by atoms with E-state index in [4.69, 9.17) is 19.3 Å². The van der Waals surface area contributed by atoms with E-state index in [1.165, 1.54) is 16.3 Å². The number of ether oxygens (including phenoxy) is 3. The van der Waals surface area contributed by atoms with Gasteiger partial charge in [-0.1, -0.05) is 55.0 Å². The van der Waals surface area contributed by atoms with Crippen LogP contribution in [-0.4, -0.2) is 71.6 Å². The molecule has 238 valence electrons. The molecule has 45 heavy (non-hydrogen) atoms. The molecule has 3 aromatic carbocycles. The van der Waals surface area contributed by atoms with Gasteiger partial charge in [0.15, 0.2) is 12.2 Å². The molecule has 3 N–H and O–H groups in total. The van der Waals surface area contributed by atoms with Crippen molar-refractivity contribution < 1.29 is 38.8 Å². The van der Waals surface area contributed by atoms with Crippen LogP contribution in [0.3, 0.4) is 0 Å². The van der Waals surface area contributed by atoms with Crippen LogP contribution in [-0.2, 0) is 30.3 Å². The van der Waals surface area contributed by atoms with Crippen LogP contribution in [0.2, 0.25) is 0 Å². The molecule has 0 aliphatic heterocycles. The van der Waals surface area contributed by atoms with Gasteiger partial charge in [-0.05, 0) is 78.4 Å². The molecule has 0 saturated heterocycles. The van der Waals surface area contributed by atoms with E-state index in [0.717, 1.165) is 42.2 Å². The third-order valence-electron chi connectivity index (χ3n) is 7.39. The lowest BCUT2D eigenvalue weighted by Crippen LogP contribution is -2.49. The summed E-state index contributed by atoms with van der Waals surface area (Å²) >= 11 is 0. The number of hydrogen-bond donors (Lipinski definition) is 3. The number of nitrogens with zero attached hydrogens (tertiary/aromatic N) is 1. The first-order valence-electron chi connectivity index (χ1n) is 15.3. The lowest BCUT2D eigenvalue weighted by molar-refractivity contribution is -0.172. The molecule has 10 heteroatoms. The molecule has 0 bridgehead atoms. The predicted octanol–water partition coefficient (Wildman–Crippen LogP) is 5.41. The maximum atomic E-state index is 13.0. The molecule has 2 unspecified atom stereocenters. The summed E-state index contributed by atoms with van der Waals surface area (Å²) in [7, 11) is 0. The zero-order chi connectivity index (χ0) is 31.9. The first kappa shape index (κ1) is 33.4. The van der Waals surface area contributed by atoms with E-state index in [1.807, 2.05) is 36.4 Å². The highest BCUT2D eigenvalue weighted by molar-refractivity contribution is 5.88. The summed E-state index contributed by atoms with van der Waals surface area (Å²) in [6.45, 7) is 0.0621. The number of unbranched alkanes of at least 4 members (excludes halogenated alkanes) is 4. The van der Waals surface area contributed by atoms with Gasteiger partial charge in [-0.15, -0.1) is 0 Å². The second kappa shape index (κ2) is 17.7. The van der Waals surface area contributed by atoms with Gasteiger partial charge >= 0.3 is 11.9 Å². The lowest BCUT2D eigenvalue weighted by atomic mass is 10.0. The number of carbonyl (C=O) groups is 3. The number of carbonyl (C=O) groups excluding carboxylic acids is 1. The van der Waals surface area contributed by atoms with Crippen LogP contribution in [0, 0.1) is 0 Å².